The van der Waals surface area contributed by atoms with Gasteiger partial charge in [0.1, 0.15) is 6.04 Å². The van der Waals surface area contributed by atoms with Crippen LogP contribution < -0.4 is 4.90 Å². The Labute approximate surface area is 130 Å². The van der Waals surface area contributed by atoms with Gasteiger partial charge in [-0.1, -0.05) is 6.42 Å². The van der Waals surface area contributed by atoms with E-state index in [0.29, 0.717) is 16.9 Å². The van der Waals surface area contributed by atoms with Gasteiger partial charge in [-0.05, 0) is 46.7 Å². The van der Waals surface area contributed by atoms with E-state index in [1.54, 1.807) is 6.07 Å². The molecule has 1 saturated carbocycles. The zero-order valence-corrected chi connectivity index (χ0v) is 12.8. The van der Waals surface area contributed by atoms with Gasteiger partial charge >= 0.3 is 5.97 Å². The molecular weight excluding hydrogens is 340 g/mol. The number of aliphatic carboxylic acids is 1. The van der Waals surface area contributed by atoms with E-state index < -0.39 is 16.9 Å². The number of rotatable bonds is 3. The van der Waals surface area contributed by atoms with Crippen LogP contribution >= 0.6 is 15.9 Å². The fourth-order valence-corrected chi connectivity index (χ4v) is 4.31. The Hall–Kier alpha value is -1.63. The molecule has 1 saturated heterocycles. The Bertz CT molecular complexity index is 607. The Morgan fingerprint density at radius 1 is 1.43 bits per heavy atom. The Morgan fingerprint density at radius 2 is 2.19 bits per heavy atom. The van der Waals surface area contributed by atoms with Crippen molar-refractivity contribution in [3.63, 3.8) is 0 Å². The van der Waals surface area contributed by atoms with Crippen LogP contribution in [0.5, 0.6) is 0 Å². The molecule has 3 unspecified atom stereocenters. The summed E-state index contributed by atoms with van der Waals surface area (Å²) in [6.45, 7) is 0.706. The molecule has 1 aliphatic heterocycles. The minimum atomic E-state index is -0.811. The number of hydrogen-bond acceptors (Lipinski definition) is 4. The first-order valence-corrected chi connectivity index (χ1v) is 7.71. The van der Waals surface area contributed by atoms with E-state index in [2.05, 4.69) is 15.9 Å². The lowest BCUT2D eigenvalue weighted by molar-refractivity contribution is -0.384. The van der Waals surface area contributed by atoms with Crippen molar-refractivity contribution in [2.45, 2.75) is 25.3 Å². The van der Waals surface area contributed by atoms with Crippen molar-refractivity contribution >= 4 is 33.3 Å². The SMILES string of the molecule is O=C(O)C1C2CCCC2CN1c1ccc([N+](=O)[O-])cc1Br. The van der Waals surface area contributed by atoms with Crippen LogP contribution in [0, 0.1) is 22.0 Å². The van der Waals surface area contributed by atoms with Crippen LogP contribution in [-0.4, -0.2) is 28.6 Å². The second-order valence-corrected chi connectivity index (χ2v) is 6.54. The highest BCUT2D eigenvalue weighted by Crippen LogP contribution is 2.45. The lowest BCUT2D eigenvalue weighted by Gasteiger charge is -2.27. The Kier molecular flexibility index (Phi) is 3.61. The molecule has 21 heavy (non-hydrogen) atoms. The average molecular weight is 355 g/mol. The number of carboxylic acids is 1. The van der Waals surface area contributed by atoms with Crippen LogP contribution in [0.25, 0.3) is 0 Å². The van der Waals surface area contributed by atoms with Crippen LogP contribution in [0.3, 0.4) is 0 Å². The van der Waals surface area contributed by atoms with Crippen molar-refractivity contribution in [2.75, 3.05) is 11.4 Å². The number of hydrogen-bond donors (Lipinski definition) is 1. The minimum absolute atomic E-state index is 0.00288. The number of halogens is 1. The molecule has 1 aliphatic carbocycles. The normalized spacial score (nSPS) is 27.7. The lowest BCUT2D eigenvalue weighted by Crippen LogP contribution is -2.39. The first kappa shape index (κ1) is 14.3. The molecule has 1 aromatic rings. The van der Waals surface area contributed by atoms with Crippen LogP contribution in [0.15, 0.2) is 22.7 Å². The van der Waals surface area contributed by atoms with Crippen LogP contribution in [0.1, 0.15) is 19.3 Å². The largest absolute Gasteiger partial charge is 0.480 e. The van der Waals surface area contributed by atoms with Gasteiger partial charge in [-0.25, -0.2) is 4.79 Å². The van der Waals surface area contributed by atoms with E-state index >= 15 is 0 Å². The van der Waals surface area contributed by atoms with Gasteiger partial charge in [-0.2, -0.15) is 0 Å². The summed E-state index contributed by atoms with van der Waals surface area (Å²) in [4.78, 5) is 23.9. The molecule has 112 valence electrons. The van der Waals surface area contributed by atoms with Gasteiger partial charge in [0.15, 0.2) is 0 Å². The van der Waals surface area contributed by atoms with Gasteiger partial charge in [0, 0.05) is 23.2 Å². The first-order valence-electron chi connectivity index (χ1n) is 6.92. The van der Waals surface area contributed by atoms with Crippen molar-refractivity contribution in [2.24, 2.45) is 11.8 Å². The fraction of sp³-hybridized carbons (Fsp3) is 0.500. The third-order valence-electron chi connectivity index (χ3n) is 4.59. The minimum Gasteiger partial charge on any atom is -0.480 e. The number of nitro groups is 1. The predicted octanol–water partition coefficient (Wildman–Crippen LogP) is 3.05. The van der Waals surface area contributed by atoms with E-state index in [1.165, 1.54) is 12.1 Å². The van der Waals surface area contributed by atoms with Gasteiger partial charge < -0.3 is 10.0 Å². The highest BCUT2D eigenvalue weighted by molar-refractivity contribution is 9.10. The lowest BCUT2D eigenvalue weighted by atomic mass is 9.94. The average Bonchev–Trinajstić information content (AvgIpc) is 2.97. The molecule has 3 rings (SSSR count). The maximum atomic E-state index is 11.6. The Balaban J connectivity index is 1.96. The molecule has 1 N–H and O–H groups in total. The summed E-state index contributed by atoms with van der Waals surface area (Å²) in [7, 11) is 0. The topological polar surface area (TPSA) is 83.7 Å². The second-order valence-electron chi connectivity index (χ2n) is 5.68. The second kappa shape index (κ2) is 5.29. The number of carbonyl (C=O) groups is 1. The summed E-state index contributed by atoms with van der Waals surface area (Å²) in [6, 6.07) is 3.96. The molecule has 1 heterocycles. The van der Waals surface area contributed by atoms with Gasteiger partial charge in [0.25, 0.3) is 5.69 Å². The van der Waals surface area contributed by atoms with Gasteiger partial charge in [0.05, 0.1) is 10.6 Å². The molecular formula is C14H15BrN2O4. The summed E-state index contributed by atoms with van der Waals surface area (Å²) in [6.07, 6.45) is 3.10. The number of carboxylic acid groups (broad SMARTS) is 1. The molecule has 1 aromatic carbocycles. The standard InChI is InChI=1S/C14H15BrN2O4/c15-11-6-9(17(20)21)4-5-12(11)16-7-8-2-1-3-10(8)13(16)14(18)19/h4-6,8,10,13H,1-3,7H2,(H,18,19). The van der Waals surface area contributed by atoms with Crippen molar-refractivity contribution in [3.05, 3.63) is 32.8 Å². The van der Waals surface area contributed by atoms with Crippen LogP contribution in [0.2, 0.25) is 0 Å². The molecule has 0 aromatic heterocycles. The van der Waals surface area contributed by atoms with E-state index in [0.717, 1.165) is 24.9 Å². The molecule has 0 amide bonds. The number of benzene rings is 1. The summed E-state index contributed by atoms with van der Waals surface area (Å²) in [5, 5.41) is 20.4. The number of anilines is 1. The number of fused-ring (bicyclic) bond motifs is 1. The summed E-state index contributed by atoms with van der Waals surface area (Å²) < 4.78 is 0.572. The van der Waals surface area contributed by atoms with E-state index in [1.807, 2.05) is 4.90 Å². The quantitative estimate of drug-likeness (QED) is 0.666. The summed E-state index contributed by atoms with van der Waals surface area (Å²) >= 11 is 3.34. The van der Waals surface area contributed by atoms with E-state index in [4.69, 9.17) is 0 Å². The maximum absolute atomic E-state index is 11.6. The Morgan fingerprint density at radius 3 is 2.81 bits per heavy atom. The van der Waals surface area contributed by atoms with Crippen LogP contribution in [-0.2, 0) is 4.79 Å². The van der Waals surface area contributed by atoms with E-state index in [9.17, 15) is 20.0 Å². The predicted molar refractivity (Wildman–Crippen MR) is 80.4 cm³/mol. The highest BCUT2D eigenvalue weighted by Gasteiger charge is 2.48. The number of nitro benzene ring substituents is 1. The third-order valence-corrected chi connectivity index (χ3v) is 5.23. The molecule has 2 fully saturated rings. The smallest absolute Gasteiger partial charge is 0.326 e. The molecule has 0 bridgehead atoms. The third kappa shape index (κ3) is 2.39. The van der Waals surface area contributed by atoms with E-state index in [-0.39, 0.29) is 11.6 Å². The summed E-state index contributed by atoms with van der Waals surface area (Å²) in [5.74, 6) is -0.215. The number of nitrogens with zero attached hydrogens (tertiary/aromatic N) is 2. The fourth-order valence-electron chi connectivity index (χ4n) is 3.71. The number of non-ortho nitro benzene ring substituents is 1. The molecule has 0 radical (unpaired) electrons. The molecule has 3 atom stereocenters. The first-order chi connectivity index (χ1) is 9.99. The highest BCUT2D eigenvalue weighted by atomic mass is 79.9. The zero-order valence-electron chi connectivity index (χ0n) is 11.2. The van der Waals surface area contributed by atoms with Crippen molar-refractivity contribution < 1.29 is 14.8 Å². The van der Waals surface area contributed by atoms with Crippen molar-refractivity contribution in [3.8, 4) is 0 Å². The summed E-state index contributed by atoms with van der Waals surface area (Å²) in [5.41, 5.74) is 0.722. The van der Waals surface area contributed by atoms with Crippen molar-refractivity contribution in [1.82, 2.24) is 0 Å². The van der Waals surface area contributed by atoms with Gasteiger partial charge in [-0.15, -0.1) is 0 Å². The van der Waals surface area contributed by atoms with Crippen LogP contribution in [0.4, 0.5) is 11.4 Å². The zero-order chi connectivity index (χ0) is 15.1. The maximum Gasteiger partial charge on any atom is 0.326 e. The molecule has 0 spiro atoms. The molecule has 7 heteroatoms. The molecule has 6 nitrogen and oxygen atoms in total. The van der Waals surface area contributed by atoms with Gasteiger partial charge in [-0.3, -0.25) is 10.1 Å². The van der Waals surface area contributed by atoms with Crippen molar-refractivity contribution in [1.29, 1.82) is 0 Å². The monoisotopic (exact) mass is 354 g/mol. The van der Waals surface area contributed by atoms with Gasteiger partial charge in [0.2, 0.25) is 0 Å². The molecule has 2 aliphatic rings.